The summed E-state index contributed by atoms with van der Waals surface area (Å²) in [5.41, 5.74) is 1.01. The number of nitrogens with zero attached hydrogens (tertiary/aromatic N) is 1. The lowest BCUT2D eigenvalue weighted by atomic mass is 10.2. The standard InChI is InChI=1S/C21H26N4O5S2/c1-31-15-11-19(24-32(29,30)16-12-17-7-3-2-4-8-17)21(26)23-14-13-22-18-9-5-6-10-20(18)25(27)28/h2-10,12,16,19,22,24H,11,13-15H2,1H3,(H,23,26)/b16-12+. The molecule has 3 N–H and O–H groups in total. The van der Waals surface area contributed by atoms with Crippen LogP contribution in [0.25, 0.3) is 6.08 Å². The normalized spacial score (nSPS) is 12.4. The molecule has 0 aromatic heterocycles. The molecular weight excluding hydrogens is 452 g/mol. The maximum Gasteiger partial charge on any atom is 0.292 e. The van der Waals surface area contributed by atoms with Gasteiger partial charge < -0.3 is 10.6 Å². The smallest absolute Gasteiger partial charge is 0.292 e. The topological polar surface area (TPSA) is 130 Å². The van der Waals surface area contributed by atoms with E-state index in [1.165, 1.54) is 23.9 Å². The third-order valence-corrected chi connectivity index (χ3v) is 6.06. The van der Waals surface area contributed by atoms with E-state index in [-0.39, 0.29) is 18.8 Å². The number of rotatable bonds is 13. The highest BCUT2D eigenvalue weighted by atomic mass is 32.2. The van der Waals surface area contributed by atoms with E-state index in [2.05, 4.69) is 15.4 Å². The lowest BCUT2D eigenvalue weighted by molar-refractivity contribution is -0.384. The second-order valence-electron chi connectivity index (χ2n) is 6.70. The number of nitro benzene ring substituents is 1. The molecular formula is C21H26N4O5S2. The van der Waals surface area contributed by atoms with E-state index in [1.807, 2.05) is 12.3 Å². The van der Waals surface area contributed by atoms with Crippen molar-refractivity contribution in [2.75, 3.05) is 30.4 Å². The summed E-state index contributed by atoms with van der Waals surface area (Å²) in [6.45, 7) is 0.411. The average Bonchev–Trinajstić information content (AvgIpc) is 2.79. The molecule has 0 bridgehead atoms. The van der Waals surface area contributed by atoms with Gasteiger partial charge in [-0.2, -0.15) is 16.5 Å². The number of hydrogen-bond donors (Lipinski definition) is 3. The van der Waals surface area contributed by atoms with E-state index in [4.69, 9.17) is 0 Å². The second kappa shape index (κ2) is 12.8. The van der Waals surface area contributed by atoms with Crippen LogP contribution in [0.4, 0.5) is 11.4 Å². The third kappa shape index (κ3) is 8.69. The molecule has 0 aliphatic heterocycles. The van der Waals surface area contributed by atoms with Gasteiger partial charge in [-0.05, 0) is 36.1 Å². The summed E-state index contributed by atoms with van der Waals surface area (Å²) >= 11 is 1.50. The summed E-state index contributed by atoms with van der Waals surface area (Å²) in [6, 6.07) is 14.2. The third-order valence-electron chi connectivity index (χ3n) is 4.31. The zero-order chi connectivity index (χ0) is 23.4. The summed E-state index contributed by atoms with van der Waals surface area (Å²) in [4.78, 5) is 23.1. The number of benzene rings is 2. The van der Waals surface area contributed by atoms with E-state index in [1.54, 1.807) is 42.5 Å². The number of thioether (sulfide) groups is 1. The van der Waals surface area contributed by atoms with Crippen LogP contribution >= 0.6 is 11.8 Å². The van der Waals surface area contributed by atoms with Gasteiger partial charge in [0.25, 0.3) is 5.69 Å². The Balaban J connectivity index is 1.93. The molecule has 172 valence electrons. The largest absolute Gasteiger partial charge is 0.378 e. The van der Waals surface area contributed by atoms with Gasteiger partial charge in [0.1, 0.15) is 11.7 Å². The molecule has 32 heavy (non-hydrogen) atoms. The number of sulfonamides is 1. The Morgan fingerprint density at radius 3 is 2.50 bits per heavy atom. The van der Waals surface area contributed by atoms with Crippen molar-refractivity contribution in [3.05, 3.63) is 75.7 Å². The number of carbonyl (C=O) groups excluding carboxylic acids is 1. The molecule has 9 nitrogen and oxygen atoms in total. The highest BCUT2D eigenvalue weighted by Crippen LogP contribution is 2.22. The zero-order valence-corrected chi connectivity index (χ0v) is 19.2. The zero-order valence-electron chi connectivity index (χ0n) is 17.6. The van der Waals surface area contributed by atoms with Crippen LogP contribution in [0.15, 0.2) is 60.0 Å². The Morgan fingerprint density at radius 1 is 1.12 bits per heavy atom. The highest BCUT2D eigenvalue weighted by Gasteiger charge is 2.22. The van der Waals surface area contributed by atoms with Gasteiger partial charge >= 0.3 is 0 Å². The van der Waals surface area contributed by atoms with Gasteiger partial charge in [-0.3, -0.25) is 14.9 Å². The minimum absolute atomic E-state index is 0.0605. The molecule has 2 aromatic carbocycles. The van der Waals surface area contributed by atoms with Crippen molar-refractivity contribution in [3.63, 3.8) is 0 Å². The van der Waals surface area contributed by atoms with Gasteiger partial charge in [-0.25, -0.2) is 8.42 Å². The second-order valence-corrected chi connectivity index (χ2v) is 9.29. The molecule has 0 aliphatic carbocycles. The number of hydrogen-bond acceptors (Lipinski definition) is 7. The molecule has 0 radical (unpaired) electrons. The minimum atomic E-state index is -3.83. The Morgan fingerprint density at radius 2 is 1.81 bits per heavy atom. The van der Waals surface area contributed by atoms with Gasteiger partial charge in [0.05, 0.1) is 4.92 Å². The lowest BCUT2D eigenvalue weighted by Gasteiger charge is -2.17. The molecule has 2 rings (SSSR count). The van der Waals surface area contributed by atoms with Crippen LogP contribution in [0.3, 0.4) is 0 Å². The van der Waals surface area contributed by atoms with Crippen LogP contribution in [0.2, 0.25) is 0 Å². The first-order valence-electron chi connectivity index (χ1n) is 9.82. The predicted octanol–water partition coefficient (Wildman–Crippen LogP) is 2.83. The van der Waals surface area contributed by atoms with E-state index in [9.17, 15) is 23.3 Å². The summed E-state index contributed by atoms with van der Waals surface area (Å²) in [7, 11) is -3.83. The van der Waals surface area contributed by atoms with Crippen molar-refractivity contribution in [2.45, 2.75) is 12.5 Å². The van der Waals surface area contributed by atoms with Crippen LogP contribution in [0, 0.1) is 10.1 Å². The van der Waals surface area contributed by atoms with Gasteiger partial charge in [0.2, 0.25) is 15.9 Å². The molecule has 0 aliphatic rings. The quantitative estimate of drug-likeness (QED) is 0.229. The van der Waals surface area contributed by atoms with Crippen LogP contribution < -0.4 is 15.4 Å². The fraction of sp³-hybridized carbons (Fsp3) is 0.286. The highest BCUT2D eigenvalue weighted by molar-refractivity contribution is 7.98. The number of nitrogens with one attached hydrogen (secondary N) is 3. The fourth-order valence-electron chi connectivity index (χ4n) is 2.74. The summed E-state index contributed by atoms with van der Waals surface area (Å²) in [5, 5.41) is 17.7. The van der Waals surface area contributed by atoms with Gasteiger partial charge in [0.15, 0.2) is 0 Å². The molecule has 0 saturated carbocycles. The van der Waals surface area contributed by atoms with Crippen molar-refractivity contribution < 1.29 is 18.1 Å². The van der Waals surface area contributed by atoms with Crippen molar-refractivity contribution in [3.8, 4) is 0 Å². The first-order valence-corrected chi connectivity index (χ1v) is 12.8. The molecule has 0 fully saturated rings. The van der Waals surface area contributed by atoms with Crippen LogP contribution in [-0.4, -0.2) is 50.4 Å². The Bertz CT molecular complexity index is 1030. The monoisotopic (exact) mass is 478 g/mol. The molecule has 1 amide bonds. The van der Waals surface area contributed by atoms with E-state index >= 15 is 0 Å². The molecule has 1 unspecified atom stereocenters. The van der Waals surface area contributed by atoms with E-state index < -0.39 is 26.9 Å². The number of nitro groups is 1. The maximum absolute atomic E-state index is 12.6. The minimum Gasteiger partial charge on any atom is -0.378 e. The van der Waals surface area contributed by atoms with E-state index in [0.717, 1.165) is 11.0 Å². The Labute approximate surface area is 191 Å². The predicted molar refractivity (Wildman–Crippen MR) is 129 cm³/mol. The van der Waals surface area contributed by atoms with Gasteiger partial charge in [-0.1, -0.05) is 42.5 Å². The Hall–Kier alpha value is -2.89. The molecule has 0 heterocycles. The summed E-state index contributed by atoms with van der Waals surface area (Å²) in [6.07, 6.45) is 3.65. The van der Waals surface area contributed by atoms with Crippen molar-refractivity contribution in [2.24, 2.45) is 0 Å². The van der Waals surface area contributed by atoms with Gasteiger partial charge in [-0.15, -0.1) is 0 Å². The number of amides is 1. The van der Waals surface area contributed by atoms with Crippen molar-refractivity contribution in [1.29, 1.82) is 0 Å². The van der Waals surface area contributed by atoms with E-state index in [0.29, 0.717) is 17.9 Å². The van der Waals surface area contributed by atoms with Crippen molar-refractivity contribution in [1.82, 2.24) is 10.0 Å². The number of anilines is 1. The Kier molecular flexibility index (Phi) is 10.2. The first kappa shape index (κ1) is 25.4. The van der Waals surface area contributed by atoms with Crippen LogP contribution in [0.1, 0.15) is 12.0 Å². The molecule has 2 aromatic rings. The molecule has 11 heteroatoms. The summed E-state index contributed by atoms with van der Waals surface area (Å²) < 4.78 is 27.3. The summed E-state index contributed by atoms with van der Waals surface area (Å²) in [5.74, 6) is 0.136. The SMILES string of the molecule is CSCCC(NS(=O)(=O)/C=C/c1ccccc1)C(=O)NCCNc1ccccc1[N+](=O)[O-]. The molecule has 0 spiro atoms. The number of para-hydroxylation sites is 2. The van der Waals surface area contributed by atoms with Gasteiger partial charge in [0, 0.05) is 24.6 Å². The maximum atomic E-state index is 12.6. The van der Waals surface area contributed by atoms with Crippen LogP contribution in [-0.2, 0) is 14.8 Å². The molecule has 1 atom stereocenters. The first-order chi connectivity index (χ1) is 15.3. The lowest BCUT2D eigenvalue weighted by Crippen LogP contribution is -2.47. The number of carbonyl (C=O) groups is 1. The average molecular weight is 479 g/mol. The molecule has 0 saturated heterocycles. The van der Waals surface area contributed by atoms with Crippen LogP contribution in [0.5, 0.6) is 0 Å². The fourth-order valence-corrected chi connectivity index (χ4v) is 4.25. The van der Waals surface area contributed by atoms with Crippen molar-refractivity contribution >= 4 is 45.1 Å².